The zero-order valence-corrected chi connectivity index (χ0v) is 7.04. The van der Waals surface area contributed by atoms with Crippen molar-refractivity contribution in [2.75, 3.05) is 6.61 Å². The minimum Gasteiger partial charge on any atom is -0.379 e. The molecule has 2 rings (SSSR count). The highest BCUT2D eigenvalue weighted by molar-refractivity contribution is 6.11. The molecule has 0 aromatic rings. The van der Waals surface area contributed by atoms with Crippen molar-refractivity contribution in [3.8, 4) is 0 Å². The molecule has 2 bridgehead atoms. The Balaban J connectivity index is 2.25. The monoisotopic (exact) mass is 152 g/mol. The van der Waals surface area contributed by atoms with E-state index >= 15 is 0 Å². The minimum atomic E-state index is -0.211. The molecule has 2 heterocycles. The molecule has 1 unspecified atom stereocenters. The third-order valence-corrected chi connectivity index (χ3v) is 3.09. The maximum absolute atomic E-state index is 5.75. The van der Waals surface area contributed by atoms with E-state index in [4.69, 9.17) is 17.3 Å². The van der Waals surface area contributed by atoms with Crippen molar-refractivity contribution in [2.24, 2.45) is 5.92 Å². The van der Waals surface area contributed by atoms with Crippen LogP contribution in [0.1, 0.15) is 20.3 Å². The second-order valence-electron chi connectivity index (χ2n) is 3.77. The molecule has 0 aliphatic carbocycles. The lowest BCUT2D eigenvalue weighted by Crippen LogP contribution is -2.40. The molecule has 2 fully saturated rings. The molecule has 0 spiro atoms. The van der Waals surface area contributed by atoms with Gasteiger partial charge in [-0.25, -0.2) is 0 Å². The topological polar surface area (TPSA) is 18.5 Å². The van der Waals surface area contributed by atoms with E-state index < -0.39 is 0 Å². The van der Waals surface area contributed by atoms with Gasteiger partial charge in [0.15, 0.2) is 0 Å². The maximum Gasteiger partial charge on any atom is 0.112 e. The van der Waals surface area contributed by atoms with Crippen LogP contribution in [0.3, 0.4) is 0 Å². The van der Waals surface area contributed by atoms with Crippen LogP contribution in [0.4, 0.5) is 0 Å². The lowest BCUT2D eigenvalue weighted by Gasteiger charge is -2.33. The molecule has 3 heteroatoms. The van der Waals surface area contributed by atoms with Gasteiger partial charge in [-0.15, -0.1) is 0 Å². The van der Waals surface area contributed by atoms with Crippen LogP contribution < -0.4 is 0 Å². The van der Waals surface area contributed by atoms with Crippen LogP contribution in [0.5, 0.6) is 0 Å². The van der Waals surface area contributed by atoms with Crippen molar-refractivity contribution in [1.29, 1.82) is 0 Å². The normalized spacial score (nSPS) is 56.4. The quantitative estimate of drug-likeness (QED) is 0.475. The molecule has 11 heavy (non-hydrogen) atoms. The van der Waals surface area contributed by atoms with Gasteiger partial charge in [0.2, 0.25) is 0 Å². The lowest BCUT2D eigenvalue weighted by molar-refractivity contribution is -0.0533. The number of rotatable bonds is 0. The highest BCUT2D eigenvalue weighted by Crippen LogP contribution is 2.42. The molecule has 2 radical (unpaired) electrons. The Labute approximate surface area is 68.7 Å². The van der Waals surface area contributed by atoms with Crippen molar-refractivity contribution in [3.05, 3.63) is 0 Å². The van der Waals surface area contributed by atoms with Crippen LogP contribution in [-0.2, 0) is 9.47 Å². The predicted molar refractivity (Wildman–Crippen MR) is 42.6 cm³/mol. The van der Waals surface area contributed by atoms with Gasteiger partial charge in [0.1, 0.15) is 7.85 Å². The summed E-state index contributed by atoms with van der Waals surface area (Å²) in [6.07, 6.45) is 1.09. The van der Waals surface area contributed by atoms with Gasteiger partial charge < -0.3 is 9.47 Å². The fourth-order valence-corrected chi connectivity index (χ4v) is 2.04. The number of hydrogen-bond acceptors (Lipinski definition) is 2. The van der Waals surface area contributed by atoms with Gasteiger partial charge >= 0.3 is 0 Å². The van der Waals surface area contributed by atoms with Crippen molar-refractivity contribution in [1.82, 2.24) is 0 Å². The molecule has 2 nitrogen and oxygen atoms in total. The Morgan fingerprint density at radius 3 is 2.82 bits per heavy atom. The van der Waals surface area contributed by atoms with Crippen molar-refractivity contribution in [3.63, 3.8) is 0 Å². The first-order valence-electron chi connectivity index (χ1n) is 4.18. The van der Waals surface area contributed by atoms with Crippen molar-refractivity contribution in [2.45, 2.75) is 38.0 Å². The fourth-order valence-electron chi connectivity index (χ4n) is 2.04. The first-order chi connectivity index (χ1) is 5.13. The molecule has 4 atom stereocenters. The van der Waals surface area contributed by atoms with Gasteiger partial charge in [-0.2, -0.15) is 0 Å². The van der Waals surface area contributed by atoms with Crippen LogP contribution in [0, 0.1) is 5.92 Å². The summed E-state index contributed by atoms with van der Waals surface area (Å²) in [7, 11) is 5.75. The van der Waals surface area contributed by atoms with E-state index in [1.807, 2.05) is 0 Å². The van der Waals surface area contributed by atoms with E-state index in [2.05, 4.69) is 13.8 Å². The predicted octanol–water partition coefficient (Wildman–Crippen LogP) is 0.695. The maximum atomic E-state index is 5.75. The summed E-state index contributed by atoms with van der Waals surface area (Å²) in [6, 6.07) is -0.211. The third-order valence-electron chi connectivity index (χ3n) is 3.09. The molecule has 0 aromatic carbocycles. The van der Waals surface area contributed by atoms with Crippen LogP contribution in [0.2, 0.25) is 0 Å². The average Bonchev–Trinajstić information content (AvgIpc) is 2.13. The summed E-state index contributed by atoms with van der Waals surface area (Å²) in [5.41, 5.74) is -0.0255. The van der Waals surface area contributed by atoms with Gasteiger partial charge in [0.05, 0.1) is 11.7 Å². The molecule has 0 N–H and O–H groups in total. The van der Waals surface area contributed by atoms with Crippen LogP contribution in [0.25, 0.3) is 0 Å². The van der Waals surface area contributed by atoms with E-state index in [1.54, 1.807) is 0 Å². The SMILES string of the molecule is [B][C@@H]1O[C@@]2(C)CCOC1[C@H]2C. The van der Waals surface area contributed by atoms with E-state index in [-0.39, 0.29) is 17.7 Å². The summed E-state index contributed by atoms with van der Waals surface area (Å²) in [4.78, 5) is 0. The smallest absolute Gasteiger partial charge is 0.112 e. The van der Waals surface area contributed by atoms with E-state index in [0.29, 0.717) is 5.92 Å². The minimum absolute atomic E-state index is 0.0255. The summed E-state index contributed by atoms with van der Waals surface area (Å²) in [5, 5.41) is 0. The van der Waals surface area contributed by atoms with Gasteiger partial charge in [0, 0.05) is 18.5 Å². The van der Waals surface area contributed by atoms with E-state index in [9.17, 15) is 0 Å². The molecule has 2 aliphatic heterocycles. The van der Waals surface area contributed by atoms with Gasteiger partial charge in [-0.3, -0.25) is 0 Å². The fraction of sp³-hybridized carbons (Fsp3) is 1.00. The van der Waals surface area contributed by atoms with Gasteiger partial charge in [-0.05, 0) is 13.3 Å². The Bertz CT molecular complexity index is 173. The van der Waals surface area contributed by atoms with E-state index in [1.165, 1.54) is 0 Å². The van der Waals surface area contributed by atoms with Crippen LogP contribution in [-0.4, -0.2) is 32.2 Å². The summed E-state index contributed by atoms with van der Waals surface area (Å²) >= 11 is 0. The van der Waals surface area contributed by atoms with Crippen molar-refractivity contribution < 1.29 is 9.47 Å². The Kier molecular flexibility index (Phi) is 1.55. The van der Waals surface area contributed by atoms with Gasteiger partial charge in [-0.1, -0.05) is 6.92 Å². The van der Waals surface area contributed by atoms with E-state index in [0.717, 1.165) is 13.0 Å². The molecule has 0 saturated carbocycles. The zero-order valence-electron chi connectivity index (χ0n) is 7.04. The molecule has 60 valence electrons. The second-order valence-corrected chi connectivity index (χ2v) is 3.77. The first-order valence-corrected chi connectivity index (χ1v) is 4.18. The summed E-state index contributed by atoms with van der Waals surface area (Å²) < 4.78 is 11.1. The molecular formula is C8H13BO2. The molecular weight excluding hydrogens is 139 g/mol. The lowest BCUT2D eigenvalue weighted by atomic mass is 9.80. The summed E-state index contributed by atoms with van der Waals surface area (Å²) in [6.45, 7) is 5.07. The Morgan fingerprint density at radius 2 is 2.27 bits per heavy atom. The first kappa shape index (κ1) is 7.62. The Morgan fingerprint density at radius 1 is 1.55 bits per heavy atom. The Hall–Kier alpha value is -0.0151. The third kappa shape index (κ3) is 0.943. The van der Waals surface area contributed by atoms with Crippen LogP contribution >= 0.6 is 0 Å². The highest BCUT2D eigenvalue weighted by atomic mass is 16.6. The standard InChI is InChI=1S/C8H13BO2/c1-5-6-7(9)11-8(5,2)3-4-10-6/h5-7H,3-4H2,1-2H3/t5-,6?,7-,8+/m1/s1. The molecule has 0 amide bonds. The largest absolute Gasteiger partial charge is 0.379 e. The van der Waals surface area contributed by atoms with Crippen LogP contribution in [0.15, 0.2) is 0 Å². The summed E-state index contributed by atoms with van der Waals surface area (Å²) in [5.74, 6) is 0.436. The average molecular weight is 152 g/mol. The molecule has 0 aromatic heterocycles. The number of hydrogen-bond donors (Lipinski definition) is 0. The highest BCUT2D eigenvalue weighted by Gasteiger charge is 2.50. The van der Waals surface area contributed by atoms with Gasteiger partial charge in [0.25, 0.3) is 0 Å². The number of fused-ring (bicyclic) bond motifs is 2. The second kappa shape index (κ2) is 2.24. The number of ether oxygens (including phenoxy) is 2. The zero-order chi connectivity index (χ0) is 8.06. The molecule has 2 saturated heterocycles. The molecule has 2 aliphatic rings. The van der Waals surface area contributed by atoms with Crippen molar-refractivity contribution >= 4 is 7.85 Å².